The third kappa shape index (κ3) is 4.68. The van der Waals surface area contributed by atoms with Gasteiger partial charge in [0.2, 0.25) is 10.0 Å². The Balaban J connectivity index is 2.02. The smallest absolute Gasteiger partial charge is 0.218 e. The topological polar surface area (TPSA) is 46.6 Å². The molecule has 0 amide bonds. The second-order valence-electron chi connectivity index (χ2n) is 6.06. The Kier molecular flexibility index (Phi) is 5.30. The molecule has 1 heterocycles. The van der Waals surface area contributed by atoms with Crippen LogP contribution in [0.15, 0.2) is 24.3 Å². The van der Waals surface area contributed by atoms with Gasteiger partial charge in [-0.25, -0.2) is 12.7 Å². The van der Waals surface area contributed by atoms with Gasteiger partial charge in [-0.2, -0.15) is 0 Å². The first-order valence-corrected chi connectivity index (χ1v) is 9.06. The van der Waals surface area contributed by atoms with Crippen molar-refractivity contribution in [3.8, 4) is 0 Å². The predicted octanol–water partition coefficient (Wildman–Crippen LogP) is 2.92. The van der Waals surface area contributed by atoms with Crippen molar-refractivity contribution >= 4 is 21.6 Å². The van der Waals surface area contributed by atoms with Gasteiger partial charge in [-0.3, -0.25) is 0 Å². The van der Waals surface area contributed by atoms with E-state index in [1.807, 2.05) is 0 Å². The van der Waals surface area contributed by atoms with E-state index in [1.54, 1.807) is 31.3 Å². The SMILES string of the molecule is CN(CC1(C)CCOCC1)S(=O)(=O)Cc1ccc(Cl)cc1. The summed E-state index contributed by atoms with van der Waals surface area (Å²) < 4.78 is 31.8. The van der Waals surface area contributed by atoms with Crippen molar-refractivity contribution in [3.05, 3.63) is 34.9 Å². The van der Waals surface area contributed by atoms with Crippen LogP contribution in [-0.2, 0) is 20.5 Å². The molecule has 1 aliphatic heterocycles. The molecule has 1 saturated heterocycles. The zero-order valence-corrected chi connectivity index (χ0v) is 14.1. The van der Waals surface area contributed by atoms with Gasteiger partial charge in [0.05, 0.1) is 5.75 Å². The number of halogens is 1. The Morgan fingerprint density at radius 1 is 1.24 bits per heavy atom. The number of benzene rings is 1. The van der Waals surface area contributed by atoms with Crippen LogP contribution in [0, 0.1) is 5.41 Å². The summed E-state index contributed by atoms with van der Waals surface area (Å²) in [6.45, 7) is 4.08. The van der Waals surface area contributed by atoms with Gasteiger partial charge < -0.3 is 4.74 Å². The van der Waals surface area contributed by atoms with E-state index in [2.05, 4.69) is 6.92 Å². The Bertz CT molecular complexity index is 565. The molecule has 1 aromatic carbocycles. The van der Waals surface area contributed by atoms with Crippen molar-refractivity contribution < 1.29 is 13.2 Å². The van der Waals surface area contributed by atoms with E-state index in [-0.39, 0.29) is 11.2 Å². The van der Waals surface area contributed by atoms with Crippen molar-refractivity contribution in [3.63, 3.8) is 0 Å². The molecule has 0 saturated carbocycles. The van der Waals surface area contributed by atoms with E-state index in [0.717, 1.165) is 18.4 Å². The molecule has 0 N–H and O–H groups in total. The lowest BCUT2D eigenvalue weighted by Crippen LogP contribution is -2.40. The molecule has 1 fully saturated rings. The van der Waals surface area contributed by atoms with Crippen LogP contribution in [0.25, 0.3) is 0 Å². The molecule has 1 aliphatic rings. The van der Waals surface area contributed by atoms with Crippen molar-refractivity contribution in [2.75, 3.05) is 26.8 Å². The molecule has 0 bridgehead atoms. The minimum Gasteiger partial charge on any atom is -0.381 e. The summed E-state index contributed by atoms with van der Waals surface area (Å²) in [7, 11) is -1.66. The molecule has 21 heavy (non-hydrogen) atoms. The number of sulfonamides is 1. The molecular formula is C15H22ClNO3S. The number of nitrogens with zero attached hydrogens (tertiary/aromatic N) is 1. The highest BCUT2D eigenvalue weighted by atomic mass is 35.5. The Morgan fingerprint density at radius 2 is 1.81 bits per heavy atom. The summed E-state index contributed by atoms with van der Waals surface area (Å²) in [5.41, 5.74) is 0.753. The third-order valence-electron chi connectivity index (χ3n) is 4.04. The Hall–Kier alpha value is -0.620. The molecule has 0 aromatic heterocycles. The van der Waals surface area contributed by atoms with Crippen molar-refractivity contribution in [2.45, 2.75) is 25.5 Å². The van der Waals surface area contributed by atoms with Crippen molar-refractivity contribution in [1.82, 2.24) is 4.31 Å². The standard InChI is InChI=1S/C15H22ClNO3S/c1-15(7-9-20-10-8-15)12-17(2)21(18,19)11-13-3-5-14(16)6-4-13/h3-6H,7-12H2,1-2H3. The second kappa shape index (κ2) is 6.65. The largest absolute Gasteiger partial charge is 0.381 e. The number of hydrogen-bond donors (Lipinski definition) is 0. The zero-order valence-electron chi connectivity index (χ0n) is 12.5. The van der Waals surface area contributed by atoms with Crippen molar-refractivity contribution in [2.24, 2.45) is 5.41 Å². The van der Waals surface area contributed by atoms with Crippen molar-refractivity contribution in [1.29, 1.82) is 0 Å². The first-order chi connectivity index (χ1) is 9.81. The van der Waals surface area contributed by atoms with E-state index in [0.29, 0.717) is 24.8 Å². The van der Waals surface area contributed by atoms with Crippen LogP contribution in [-0.4, -0.2) is 39.5 Å². The fourth-order valence-corrected chi connectivity index (χ4v) is 4.03. The summed E-state index contributed by atoms with van der Waals surface area (Å²) in [5.74, 6) is 0.00719. The maximum absolute atomic E-state index is 12.5. The molecule has 0 spiro atoms. The van der Waals surface area contributed by atoms with E-state index in [9.17, 15) is 8.42 Å². The lowest BCUT2D eigenvalue weighted by molar-refractivity contribution is 0.0174. The van der Waals surface area contributed by atoms with Gasteiger partial charge >= 0.3 is 0 Å². The summed E-state index contributed by atoms with van der Waals surface area (Å²) >= 11 is 5.82. The molecule has 6 heteroatoms. The molecule has 0 radical (unpaired) electrons. The van der Waals surface area contributed by atoms with Gasteiger partial charge in [0.1, 0.15) is 0 Å². The van der Waals surface area contributed by atoms with Gasteiger partial charge in [-0.15, -0.1) is 0 Å². The summed E-state index contributed by atoms with van der Waals surface area (Å²) in [6.07, 6.45) is 1.79. The number of rotatable bonds is 5. The molecule has 0 unspecified atom stereocenters. The molecule has 118 valence electrons. The molecule has 0 aliphatic carbocycles. The fraction of sp³-hybridized carbons (Fsp3) is 0.600. The first-order valence-electron chi connectivity index (χ1n) is 7.07. The van der Waals surface area contributed by atoms with Crippen LogP contribution in [0.2, 0.25) is 5.02 Å². The van der Waals surface area contributed by atoms with Crippen LogP contribution in [0.1, 0.15) is 25.3 Å². The molecule has 1 aromatic rings. The average Bonchev–Trinajstić information content (AvgIpc) is 2.41. The molecule has 2 rings (SSSR count). The van der Waals surface area contributed by atoms with Gasteiger partial charge in [0.25, 0.3) is 0 Å². The quantitative estimate of drug-likeness (QED) is 0.833. The minimum atomic E-state index is -3.31. The van der Waals surface area contributed by atoms with Crippen LogP contribution < -0.4 is 0 Å². The Morgan fingerprint density at radius 3 is 2.38 bits per heavy atom. The van der Waals surface area contributed by atoms with E-state index < -0.39 is 10.0 Å². The van der Waals surface area contributed by atoms with Gasteiger partial charge in [0.15, 0.2) is 0 Å². The van der Waals surface area contributed by atoms with Crippen LogP contribution in [0.4, 0.5) is 0 Å². The highest BCUT2D eigenvalue weighted by Gasteiger charge is 2.32. The molecule has 0 atom stereocenters. The monoisotopic (exact) mass is 331 g/mol. The summed E-state index contributed by atoms with van der Waals surface area (Å²) in [5, 5.41) is 0.610. The predicted molar refractivity (Wildman–Crippen MR) is 84.9 cm³/mol. The molecule has 4 nitrogen and oxygen atoms in total. The third-order valence-corrected chi connectivity index (χ3v) is 6.07. The van der Waals surface area contributed by atoms with E-state index >= 15 is 0 Å². The number of hydrogen-bond acceptors (Lipinski definition) is 3. The second-order valence-corrected chi connectivity index (χ2v) is 8.57. The lowest BCUT2D eigenvalue weighted by atomic mass is 9.82. The first kappa shape index (κ1) is 16.7. The number of ether oxygens (including phenoxy) is 1. The van der Waals surface area contributed by atoms with Crippen LogP contribution in [0.3, 0.4) is 0 Å². The zero-order chi connectivity index (χ0) is 15.5. The van der Waals surface area contributed by atoms with Crippen LogP contribution in [0.5, 0.6) is 0 Å². The maximum atomic E-state index is 12.5. The Labute approximate surface area is 132 Å². The highest BCUT2D eigenvalue weighted by Crippen LogP contribution is 2.31. The lowest BCUT2D eigenvalue weighted by Gasteiger charge is -2.36. The van der Waals surface area contributed by atoms with Gasteiger partial charge in [-0.05, 0) is 36.0 Å². The van der Waals surface area contributed by atoms with E-state index in [1.165, 1.54) is 4.31 Å². The van der Waals surface area contributed by atoms with Crippen LogP contribution >= 0.6 is 11.6 Å². The normalized spacial score (nSPS) is 18.9. The summed E-state index contributed by atoms with van der Waals surface area (Å²) in [4.78, 5) is 0. The maximum Gasteiger partial charge on any atom is 0.218 e. The van der Waals surface area contributed by atoms with E-state index in [4.69, 9.17) is 16.3 Å². The summed E-state index contributed by atoms with van der Waals surface area (Å²) in [6, 6.07) is 6.94. The molecular weight excluding hydrogens is 310 g/mol. The average molecular weight is 332 g/mol. The minimum absolute atomic E-state index is 0.0000655. The van der Waals surface area contributed by atoms with Gasteiger partial charge in [-0.1, -0.05) is 30.7 Å². The highest BCUT2D eigenvalue weighted by molar-refractivity contribution is 7.88. The van der Waals surface area contributed by atoms with Gasteiger partial charge in [0, 0.05) is 31.8 Å². The fourth-order valence-electron chi connectivity index (χ4n) is 2.56.